The number of para-hydroxylation sites is 2. The first-order valence-electron chi connectivity index (χ1n) is 20.5. The van der Waals surface area contributed by atoms with Crippen molar-refractivity contribution in [3.05, 3.63) is 211 Å². The Bertz CT molecular complexity index is 3380. The van der Waals surface area contributed by atoms with Gasteiger partial charge in [-0.2, -0.15) is 0 Å². The topological polar surface area (TPSA) is 22.8 Å². The molecule has 3 heterocycles. The molecule has 59 heavy (non-hydrogen) atoms. The Labute approximate surface area is 343 Å². The van der Waals surface area contributed by atoms with Crippen LogP contribution in [0.5, 0.6) is 0 Å². The van der Waals surface area contributed by atoms with Gasteiger partial charge in [0.15, 0.2) is 0 Å². The third-order valence-electron chi connectivity index (χ3n) is 12.7. The lowest BCUT2D eigenvalue weighted by atomic mass is 9.82. The summed E-state index contributed by atoms with van der Waals surface area (Å²) in [5.74, 6) is 0. The third-order valence-corrected chi connectivity index (χ3v) is 12.7. The number of aromatic nitrogens is 3. The molecule has 8 aromatic carbocycles. The van der Waals surface area contributed by atoms with Crippen LogP contribution >= 0.6 is 0 Å². The Morgan fingerprint density at radius 2 is 0.847 bits per heavy atom. The highest BCUT2D eigenvalue weighted by atomic mass is 15.0. The number of pyridine rings is 1. The highest BCUT2D eigenvalue weighted by molar-refractivity contribution is 6.19. The number of nitrogens with zero attached hydrogens (tertiary/aromatic N) is 3. The van der Waals surface area contributed by atoms with Crippen molar-refractivity contribution >= 4 is 43.6 Å². The standard InChI is InChI=1S/C56H39N3/c1-56(2)48-22-12-9-19-42(48)43-30-29-41(33-49(43)56)59-53-24-14-11-21-45(53)47-34-46-44-20-10-13-23-52(44)58(54(46)35-55(47)59)40-27-25-38(26-28-40)51-32-39(36-15-5-3-6-16-36)31-50(57-51)37-17-7-4-8-18-37/h3-35H,1-2H3. The van der Waals surface area contributed by atoms with E-state index in [4.69, 9.17) is 4.98 Å². The Morgan fingerprint density at radius 3 is 1.51 bits per heavy atom. The first-order valence-corrected chi connectivity index (χ1v) is 20.5. The number of hydrogen-bond acceptors (Lipinski definition) is 1. The molecular weight excluding hydrogens is 715 g/mol. The molecule has 3 nitrogen and oxygen atoms in total. The number of benzene rings is 8. The second kappa shape index (κ2) is 12.8. The van der Waals surface area contributed by atoms with Crippen molar-refractivity contribution in [1.82, 2.24) is 14.1 Å². The lowest BCUT2D eigenvalue weighted by Gasteiger charge is -2.22. The minimum absolute atomic E-state index is 0.0892. The fourth-order valence-electron chi connectivity index (χ4n) is 9.83. The Morgan fingerprint density at radius 1 is 0.339 bits per heavy atom. The Balaban J connectivity index is 1.04. The lowest BCUT2D eigenvalue weighted by molar-refractivity contribution is 0.660. The van der Waals surface area contributed by atoms with Gasteiger partial charge in [-0.25, -0.2) is 4.98 Å². The zero-order chi connectivity index (χ0) is 39.2. The van der Waals surface area contributed by atoms with Crippen molar-refractivity contribution in [3.8, 4) is 56.1 Å². The van der Waals surface area contributed by atoms with Crippen molar-refractivity contribution in [2.75, 3.05) is 0 Å². The lowest BCUT2D eigenvalue weighted by Crippen LogP contribution is -2.15. The van der Waals surface area contributed by atoms with Gasteiger partial charge in [0.2, 0.25) is 0 Å². The molecule has 3 heteroatoms. The van der Waals surface area contributed by atoms with Crippen molar-refractivity contribution in [2.45, 2.75) is 19.3 Å². The molecule has 1 aliphatic carbocycles. The van der Waals surface area contributed by atoms with E-state index >= 15 is 0 Å². The Kier molecular flexibility index (Phi) is 7.27. The van der Waals surface area contributed by atoms with Gasteiger partial charge in [0, 0.05) is 49.5 Å². The molecule has 278 valence electrons. The summed E-state index contributed by atoms with van der Waals surface area (Å²) < 4.78 is 4.91. The molecule has 11 aromatic rings. The molecule has 1 aliphatic rings. The maximum Gasteiger partial charge on any atom is 0.0715 e. The molecule has 0 saturated carbocycles. The van der Waals surface area contributed by atoms with E-state index in [0.717, 1.165) is 33.8 Å². The first-order chi connectivity index (χ1) is 29.0. The normalized spacial score (nSPS) is 13.1. The van der Waals surface area contributed by atoms with Crippen LogP contribution in [0, 0.1) is 0 Å². The summed E-state index contributed by atoms with van der Waals surface area (Å²) in [7, 11) is 0. The van der Waals surface area contributed by atoms with Crippen LogP contribution in [-0.4, -0.2) is 14.1 Å². The van der Waals surface area contributed by atoms with E-state index in [1.807, 2.05) is 0 Å². The van der Waals surface area contributed by atoms with E-state index in [1.54, 1.807) is 0 Å². The van der Waals surface area contributed by atoms with Gasteiger partial charge >= 0.3 is 0 Å². The van der Waals surface area contributed by atoms with Crippen LogP contribution in [0.1, 0.15) is 25.0 Å². The van der Waals surface area contributed by atoms with Gasteiger partial charge in [-0.05, 0) is 94.0 Å². The summed E-state index contributed by atoms with van der Waals surface area (Å²) in [4.78, 5) is 5.22. The highest BCUT2D eigenvalue weighted by Gasteiger charge is 2.35. The van der Waals surface area contributed by atoms with E-state index < -0.39 is 0 Å². The predicted octanol–water partition coefficient (Wildman–Crippen LogP) is 14.6. The molecule has 0 atom stereocenters. The highest BCUT2D eigenvalue weighted by Crippen LogP contribution is 2.50. The number of rotatable bonds is 5. The fourth-order valence-corrected chi connectivity index (χ4v) is 9.83. The van der Waals surface area contributed by atoms with Gasteiger partial charge in [0.25, 0.3) is 0 Å². The summed E-state index contributed by atoms with van der Waals surface area (Å²) in [5.41, 5.74) is 18.8. The molecular formula is C56H39N3. The molecule has 0 unspecified atom stereocenters. The van der Waals surface area contributed by atoms with E-state index in [2.05, 4.69) is 223 Å². The molecule has 3 aromatic heterocycles. The molecule has 0 N–H and O–H groups in total. The maximum atomic E-state index is 5.22. The second-order valence-corrected chi connectivity index (χ2v) is 16.4. The average Bonchev–Trinajstić information content (AvgIpc) is 3.88. The fraction of sp³-hybridized carbons (Fsp3) is 0.0536. The number of fused-ring (bicyclic) bond motifs is 9. The van der Waals surface area contributed by atoms with Crippen molar-refractivity contribution in [3.63, 3.8) is 0 Å². The van der Waals surface area contributed by atoms with Crippen LogP contribution in [-0.2, 0) is 5.41 Å². The van der Waals surface area contributed by atoms with Crippen LogP contribution in [0.2, 0.25) is 0 Å². The van der Waals surface area contributed by atoms with Gasteiger partial charge in [-0.3, -0.25) is 0 Å². The molecule has 0 saturated heterocycles. The average molecular weight is 754 g/mol. The Hall–Kier alpha value is -7.49. The molecule has 12 rings (SSSR count). The summed E-state index contributed by atoms with van der Waals surface area (Å²) in [6.07, 6.45) is 0. The summed E-state index contributed by atoms with van der Waals surface area (Å²) in [5, 5.41) is 5.00. The molecule has 0 amide bonds. The SMILES string of the molecule is CC1(C)c2ccccc2-c2ccc(-n3c4ccccc4c4cc5c6ccccc6n(-c6ccc(-c7cc(-c8ccccc8)cc(-c8ccccc8)n7)cc6)c5cc43)cc21. The monoisotopic (exact) mass is 753 g/mol. The van der Waals surface area contributed by atoms with E-state index in [-0.39, 0.29) is 5.41 Å². The van der Waals surface area contributed by atoms with Crippen LogP contribution in [0.3, 0.4) is 0 Å². The summed E-state index contributed by atoms with van der Waals surface area (Å²) in [6, 6.07) is 72.9. The van der Waals surface area contributed by atoms with Gasteiger partial charge in [-0.15, -0.1) is 0 Å². The van der Waals surface area contributed by atoms with Gasteiger partial charge in [0.05, 0.1) is 33.5 Å². The largest absolute Gasteiger partial charge is 0.309 e. The zero-order valence-corrected chi connectivity index (χ0v) is 32.9. The summed E-state index contributed by atoms with van der Waals surface area (Å²) in [6.45, 7) is 4.72. The van der Waals surface area contributed by atoms with E-state index in [0.29, 0.717) is 0 Å². The first kappa shape index (κ1) is 33.6. The van der Waals surface area contributed by atoms with Crippen molar-refractivity contribution < 1.29 is 0 Å². The molecule has 0 spiro atoms. The summed E-state index contributed by atoms with van der Waals surface area (Å²) >= 11 is 0. The maximum absolute atomic E-state index is 5.22. The van der Waals surface area contributed by atoms with Crippen LogP contribution in [0.4, 0.5) is 0 Å². The van der Waals surface area contributed by atoms with E-state index in [9.17, 15) is 0 Å². The molecule has 0 fully saturated rings. The third kappa shape index (κ3) is 5.11. The molecule has 0 aliphatic heterocycles. The van der Waals surface area contributed by atoms with Crippen LogP contribution in [0.15, 0.2) is 200 Å². The van der Waals surface area contributed by atoms with Gasteiger partial charge in [-0.1, -0.05) is 153 Å². The van der Waals surface area contributed by atoms with Crippen molar-refractivity contribution in [2.24, 2.45) is 0 Å². The molecule has 0 radical (unpaired) electrons. The zero-order valence-electron chi connectivity index (χ0n) is 32.9. The van der Waals surface area contributed by atoms with Crippen LogP contribution in [0.25, 0.3) is 99.8 Å². The van der Waals surface area contributed by atoms with Gasteiger partial charge in [0.1, 0.15) is 0 Å². The van der Waals surface area contributed by atoms with Crippen LogP contribution < -0.4 is 0 Å². The molecule has 0 bridgehead atoms. The number of hydrogen-bond donors (Lipinski definition) is 0. The second-order valence-electron chi connectivity index (χ2n) is 16.4. The quantitative estimate of drug-likeness (QED) is 0.172. The minimum Gasteiger partial charge on any atom is -0.309 e. The smallest absolute Gasteiger partial charge is 0.0715 e. The van der Waals surface area contributed by atoms with Gasteiger partial charge < -0.3 is 9.13 Å². The minimum atomic E-state index is -0.0892. The van der Waals surface area contributed by atoms with Crippen molar-refractivity contribution in [1.29, 1.82) is 0 Å². The predicted molar refractivity (Wildman–Crippen MR) is 247 cm³/mol. The van der Waals surface area contributed by atoms with E-state index in [1.165, 1.54) is 77.1 Å².